The van der Waals surface area contributed by atoms with Crippen LogP contribution in [0.3, 0.4) is 0 Å². The van der Waals surface area contributed by atoms with Gasteiger partial charge in [0.15, 0.2) is 5.65 Å². The van der Waals surface area contributed by atoms with E-state index in [9.17, 15) is 4.79 Å². The van der Waals surface area contributed by atoms with E-state index in [1.807, 2.05) is 0 Å². The fourth-order valence-electron chi connectivity index (χ4n) is 0.902. The summed E-state index contributed by atoms with van der Waals surface area (Å²) in [6, 6.07) is 4.55. The molecule has 12 heavy (non-hydrogen) atoms. The topological polar surface area (TPSA) is 47.3 Å². The van der Waals surface area contributed by atoms with Crippen LogP contribution >= 0.6 is 11.6 Å². The van der Waals surface area contributed by atoms with E-state index in [0.29, 0.717) is 5.65 Å². The van der Waals surface area contributed by atoms with E-state index in [1.165, 1.54) is 12.3 Å². The Morgan fingerprint density at radius 3 is 3.00 bits per heavy atom. The van der Waals surface area contributed by atoms with Crippen molar-refractivity contribution in [2.24, 2.45) is 0 Å². The van der Waals surface area contributed by atoms with Crippen LogP contribution in [0.1, 0.15) is 0 Å². The molecule has 2 aromatic rings. The second kappa shape index (κ2) is 2.57. The van der Waals surface area contributed by atoms with Crippen LogP contribution in [-0.2, 0) is 0 Å². The molecule has 0 spiro atoms. The molecule has 2 rings (SSSR count). The number of rotatable bonds is 0. The van der Waals surface area contributed by atoms with Gasteiger partial charge in [0.2, 0.25) is 0 Å². The molecule has 0 saturated heterocycles. The highest BCUT2D eigenvalue weighted by Crippen LogP contribution is 2.02. The fourth-order valence-corrected chi connectivity index (χ4v) is 1.04. The van der Waals surface area contributed by atoms with Gasteiger partial charge in [0.25, 0.3) is 5.56 Å². The Bertz CT molecular complexity index is 479. The molecule has 0 bridgehead atoms. The molecule has 0 saturated carbocycles. The van der Waals surface area contributed by atoms with Crippen molar-refractivity contribution in [1.82, 2.24) is 14.6 Å². The number of fused-ring (bicyclic) bond motifs is 1. The number of halogens is 1. The molecular weight excluding hydrogens is 178 g/mol. The van der Waals surface area contributed by atoms with Crippen molar-refractivity contribution >= 4 is 17.2 Å². The normalized spacial score (nSPS) is 10.4. The van der Waals surface area contributed by atoms with Gasteiger partial charge in [-0.3, -0.25) is 4.79 Å². The summed E-state index contributed by atoms with van der Waals surface area (Å²) in [6.07, 6.45) is 1.44. The van der Waals surface area contributed by atoms with E-state index in [2.05, 4.69) is 10.1 Å². The van der Waals surface area contributed by atoms with Crippen LogP contribution in [0.5, 0.6) is 0 Å². The summed E-state index contributed by atoms with van der Waals surface area (Å²) in [5.41, 5.74) is 0.259. The smallest absolute Gasteiger partial charge is 0.267 e. The lowest BCUT2D eigenvalue weighted by Gasteiger charge is -1.96. The average Bonchev–Trinajstić information content (AvgIpc) is 2.07. The van der Waals surface area contributed by atoms with Crippen LogP contribution in [0, 0.1) is 0 Å². The highest BCUT2D eigenvalue weighted by molar-refractivity contribution is 6.29. The number of aromatic nitrogens is 3. The van der Waals surface area contributed by atoms with Crippen molar-refractivity contribution in [3.63, 3.8) is 0 Å². The van der Waals surface area contributed by atoms with Crippen LogP contribution in [0.4, 0.5) is 0 Å². The molecule has 0 unspecified atom stereocenters. The maximum atomic E-state index is 11.1. The number of hydrogen-bond donors (Lipinski definition) is 0. The molecule has 5 heteroatoms. The highest BCUT2D eigenvalue weighted by Gasteiger charge is 1.96. The first kappa shape index (κ1) is 7.24. The van der Waals surface area contributed by atoms with E-state index in [0.717, 1.165) is 4.52 Å². The molecule has 0 N–H and O–H groups in total. The minimum absolute atomic E-state index is 0.234. The quantitative estimate of drug-likeness (QED) is 0.603. The average molecular weight is 182 g/mol. The summed E-state index contributed by atoms with van der Waals surface area (Å²) in [7, 11) is 0. The van der Waals surface area contributed by atoms with Gasteiger partial charge in [-0.1, -0.05) is 11.6 Å². The van der Waals surface area contributed by atoms with Crippen molar-refractivity contribution in [3.05, 3.63) is 39.9 Å². The molecule has 0 atom stereocenters. The van der Waals surface area contributed by atoms with E-state index in [4.69, 9.17) is 11.6 Å². The Labute approximate surface area is 72.4 Å². The standard InChI is InChI=1S/C7H4ClN3O/c8-5-1-2-6-9-4-3-7(12)11(6)10-5/h1-4H. The van der Waals surface area contributed by atoms with Gasteiger partial charge in [-0.05, 0) is 12.1 Å². The van der Waals surface area contributed by atoms with E-state index < -0.39 is 0 Å². The molecule has 0 aromatic carbocycles. The van der Waals surface area contributed by atoms with E-state index in [-0.39, 0.29) is 10.7 Å². The van der Waals surface area contributed by atoms with Crippen molar-refractivity contribution in [2.45, 2.75) is 0 Å². The lowest BCUT2D eigenvalue weighted by Crippen LogP contribution is -2.15. The van der Waals surface area contributed by atoms with Gasteiger partial charge in [-0.2, -0.15) is 9.61 Å². The minimum Gasteiger partial charge on any atom is -0.267 e. The Morgan fingerprint density at radius 2 is 2.17 bits per heavy atom. The Kier molecular flexibility index (Phi) is 1.55. The van der Waals surface area contributed by atoms with Gasteiger partial charge in [-0.25, -0.2) is 4.98 Å². The monoisotopic (exact) mass is 181 g/mol. The van der Waals surface area contributed by atoms with Gasteiger partial charge in [0, 0.05) is 12.3 Å². The number of nitrogens with zero attached hydrogens (tertiary/aromatic N) is 3. The third-order valence-electron chi connectivity index (χ3n) is 1.42. The molecule has 0 radical (unpaired) electrons. The molecule has 60 valence electrons. The van der Waals surface area contributed by atoms with Gasteiger partial charge in [0.1, 0.15) is 5.15 Å². The summed E-state index contributed by atoms with van der Waals surface area (Å²) in [5, 5.41) is 4.06. The zero-order valence-electron chi connectivity index (χ0n) is 5.94. The summed E-state index contributed by atoms with van der Waals surface area (Å²) in [6.45, 7) is 0. The van der Waals surface area contributed by atoms with Crippen LogP contribution < -0.4 is 5.56 Å². The van der Waals surface area contributed by atoms with Crippen molar-refractivity contribution in [2.75, 3.05) is 0 Å². The van der Waals surface area contributed by atoms with Gasteiger partial charge in [0.05, 0.1) is 0 Å². The molecule has 2 heterocycles. The second-order valence-electron chi connectivity index (χ2n) is 2.21. The zero-order valence-corrected chi connectivity index (χ0v) is 6.69. The van der Waals surface area contributed by atoms with E-state index in [1.54, 1.807) is 12.1 Å². The summed E-state index contributed by atoms with van der Waals surface area (Å²) >= 11 is 5.59. The molecule has 0 fully saturated rings. The van der Waals surface area contributed by atoms with Crippen molar-refractivity contribution < 1.29 is 0 Å². The molecule has 4 nitrogen and oxygen atoms in total. The zero-order chi connectivity index (χ0) is 8.55. The van der Waals surface area contributed by atoms with Gasteiger partial charge in [-0.15, -0.1) is 0 Å². The number of hydrogen-bond acceptors (Lipinski definition) is 3. The largest absolute Gasteiger partial charge is 0.274 e. The Hall–Kier alpha value is -1.42. The summed E-state index contributed by atoms with van der Waals surface area (Å²) in [4.78, 5) is 15.1. The fraction of sp³-hybridized carbons (Fsp3) is 0. The first-order valence-corrected chi connectivity index (χ1v) is 3.66. The Balaban J connectivity index is 2.98. The molecule has 0 aliphatic carbocycles. The summed E-state index contributed by atoms with van der Waals surface area (Å²) < 4.78 is 1.16. The minimum atomic E-state index is -0.234. The molecule has 0 amide bonds. The van der Waals surface area contributed by atoms with Gasteiger partial charge >= 0.3 is 0 Å². The first-order chi connectivity index (χ1) is 5.77. The molecule has 2 aromatic heterocycles. The molecule has 0 aliphatic heterocycles. The van der Waals surface area contributed by atoms with E-state index >= 15 is 0 Å². The van der Waals surface area contributed by atoms with Crippen LogP contribution in [0.2, 0.25) is 5.15 Å². The summed E-state index contributed by atoms with van der Waals surface area (Å²) in [5.74, 6) is 0. The van der Waals surface area contributed by atoms with Crippen LogP contribution in [0.25, 0.3) is 5.65 Å². The third-order valence-corrected chi connectivity index (χ3v) is 1.62. The lowest BCUT2D eigenvalue weighted by atomic mass is 10.5. The Morgan fingerprint density at radius 1 is 1.33 bits per heavy atom. The second-order valence-corrected chi connectivity index (χ2v) is 2.60. The third kappa shape index (κ3) is 1.06. The van der Waals surface area contributed by atoms with Gasteiger partial charge < -0.3 is 0 Å². The maximum Gasteiger partial charge on any atom is 0.274 e. The lowest BCUT2D eigenvalue weighted by molar-refractivity contribution is 0.866. The molecule has 0 aliphatic rings. The van der Waals surface area contributed by atoms with Crippen LogP contribution in [0.15, 0.2) is 29.2 Å². The highest BCUT2D eigenvalue weighted by atomic mass is 35.5. The molecular formula is C7H4ClN3O. The van der Waals surface area contributed by atoms with Crippen molar-refractivity contribution in [1.29, 1.82) is 0 Å². The predicted octanol–water partition coefficient (Wildman–Crippen LogP) is 0.743. The maximum absolute atomic E-state index is 11.1. The van der Waals surface area contributed by atoms with Crippen LogP contribution in [-0.4, -0.2) is 14.6 Å². The predicted molar refractivity (Wildman–Crippen MR) is 44.3 cm³/mol. The van der Waals surface area contributed by atoms with Crippen molar-refractivity contribution in [3.8, 4) is 0 Å². The SMILES string of the molecule is O=c1ccnc2ccc(Cl)nn12. The first-order valence-electron chi connectivity index (χ1n) is 3.28.